The molecule has 3 aromatic carbocycles. The summed E-state index contributed by atoms with van der Waals surface area (Å²) in [6.07, 6.45) is 0. The Morgan fingerprint density at radius 2 is 1.62 bits per heavy atom. The highest BCUT2D eigenvalue weighted by Crippen LogP contribution is 2.20. The first-order valence-corrected chi connectivity index (χ1v) is 10.4. The minimum Gasteiger partial charge on any atom is -0.280 e. The average molecular weight is 406 g/mol. The van der Waals surface area contributed by atoms with E-state index >= 15 is 0 Å². The topological polar surface area (TPSA) is 93.9 Å². The van der Waals surface area contributed by atoms with Crippen LogP contribution in [0, 0.1) is 13.8 Å². The van der Waals surface area contributed by atoms with Crippen LogP contribution in [0.4, 0.5) is 5.69 Å². The van der Waals surface area contributed by atoms with Gasteiger partial charge in [0.05, 0.1) is 16.0 Å². The van der Waals surface area contributed by atoms with Gasteiger partial charge in [0.1, 0.15) is 5.52 Å². The van der Waals surface area contributed by atoms with Crippen molar-refractivity contribution in [1.29, 1.82) is 0 Å². The largest absolute Gasteiger partial charge is 0.282 e. The van der Waals surface area contributed by atoms with Gasteiger partial charge in [-0.1, -0.05) is 23.4 Å². The van der Waals surface area contributed by atoms with Crippen LogP contribution in [0.25, 0.3) is 16.6 Å². The molecule has 146 valence electrons. The smallest absolute Gasteiger partial charge is 0.280 e. The number of anilines is 1. The Hall–Kier alpha value is -3.52. The Morgan fingerprint density at radius 1 is 0.897 bits per heavy atom. The molecule has 0 unspecified atom stereocenters. The van der Waals surface area contributed by atoms with E-state index in [1.807, 2.05) is 19.9 Å². The molecule has 29 heavy (non-hydrogen) atoms. The van der Waals surface area contributed by atoms with Crippen LogP contribution in [0.2, 0.25) is 0 Å². The molecule has 0 aliphatic rings. The first-order valence-electron chi connectivity index (χ1n) is 8.90. The number of sulfonamides is 1. The van der Waals surface area contributed by atoms with Gasteiger partial charge in [-0.2, -0.15) is 4.68 Å². The van der Waals surface area contributed by atoms with Crippen molar-refractivity contribution in [1.82, 2.24) is 15.0 Å². The zero-order valence-electron chi connectivity index (χ0n) is 15.8. The fourth-order valence-electron chi connectivity index (χ4n) is 2.94. The van der Waals surface area contributed by atoms with Crippen molar-refractivity contribution in [3.63, 3.8) is 0 Å². The molecule has 0 saturated heterocycles. The number of nitrogens with zero attached hydrogens (tertiary/aromatic N) is 3. The predicted molar refractivity (Wildman–Crippen MR) is 112 cm³/mol. The third kappa shape index (κ3) is 3.62. The number of nitrogens with one attached hydrogen (secondary N) is 1. The number of aromatic nitrogens is 3. The van der Waals surface area contributed by atoms with Gasteiger partial charge in [0.25, 0.3) is 15.6 Å². The molecule has 1 aromatic heterocycles. The zero-order valence-corrected chi connectivity index (χ0v) is 16.6. The number of rotatable bonds is 4. The van der Waals surface area contributed by atoms with Crippen LogP contribution in [-0.2, 0) is 10.0 Å². The third-order valence-electron chi connectivity index (χ3n) is 4.72. The van der Waals surface area contributed by atoms with Crippen LogP contribution in [0.1, 0.15) is 11.1 Å². The maximum atomic E-state index is 12.7. The van der Waals surface area contributed by atoms with E-state index < -0.39 is 10.0 Å². The molecular weight excluding hydrogens is 388 g/mol. The molecule has 0 aliphatic heterocycles. The van der Waals surface area contributed by atoms with Crippen molar-refractivity contribution in [2.24, 2.45) is 0 Å². The molecule has 0 radical (unpaired) electrons. The number of aryl methyl sites for hydroxylation is 2. The van der Waals surface area contributed by atoms with Gasteiger partial charge in [0.15, 0.2) is 0 Å². The second-order valence-corrected chi connectivity index (χ2v) is 8.40. The van der Waals surface area contributed by atoms with Crippen LogP contribution in [0.5, 0.6) is 0 Å². The average Bonchev–Trinajstić information content (AvgIpc) is 2.71. The lowest BCUT2D eigenvalue weighted by Crippen LogP contribution is -2.22. The van der Waals surface area contributed by atoms with Crippen molar-refractivity contribution in [2.75, 3.05) is 4.72 Å². The Balaban J connectivity index is 1.66. The highest BCUT2D eigenvalue weighted by molar-refractivity contribution is 7.92. The van der Waals surface area contributed by atoms with Crippen LogP contribution in [-0.4, -0.2) is 23.4 Å². The molecular formula is C21H18N4O3S. The summed E-state index contributed by atoms with van der Waals surface area (Å²) in [6, 6.07) is 18.2. The van der Waals surface area contributed by atoms with Crippen LogP contribution < -0.4 is 10.3 Å². The summed E-state index contributed by atoms with van der Waals surface area (Å²) in [7, 11) is -3.76. The van der Waals surface area contributed by atoms with Gasteiger partial charge in [-0.3, -0.25) is 9.52 Å². The molecule has 0 fully saturated rings. The zero-order chi connectivity index (χ0) is 20.6. The summed E-state index contributed by atoms with van der Waals surface area (Å²) in [5, 5.41) is 8.43. The fourth-order valence-corrected chi connectivity index (χ4v) is 3.99. The molecule has 0 bridgehead atoms. The van der Waals surface area contributed by atoms with E-state index in [9.17, 15) is 13.2 Å². The van der Waals surface area contributed by atoms with E-state index in [2.05, 4.69) is 15.0 Å². The second kappa shape index (κ2) is 7.14. The highest BCUT2D eigenvalue weighted by atomic mass is 32.2. The van der Waals surface area contributed by atoms with E-state index in [1.165, 1.54) is 24.3 Å². The van der Waals surface area contributed by atoms with E-state index in [4.69, 9.17) is 0 Å². The summed E-state index contributed by atoms with van der Waals surface area (Å²) in [5.74, 6) is 0. The first-order chi connectivity index (χ1) is 13.8. The third-order valence-corrected chi connectivity index (χ3v) is 6.12. The molecule has 0 saturated carbocycles. The number of hydrogen-bond donors (Lipinski definition) is 1. The van der Waals surface area contributed by atoms with E-state index in [0.717, 1.165) is 15.8 Å². The van der Waals surface area contributed by atoms with Gasteiger partial charge in [-0.05, 0) is 73.5 Å². The number of fused-ring (bicyclic) bond motifs is 1. The minimum atomic E-state index is -3.76. The Morgan fingerprint density at radius 3 is 2.34 bits per heavy atom. The van der Waals surface area contributed by atoms with Gasteiger partial charge in [0.2, 0.25) is 0 Å². The Bertz CT molecular complexity index is 1380. The van der Waals surface area contributed by atoms with Crippen molar-refractivity contribution in [3.05, 3.63) is 88.2 Å². The lowest BCUT2D eigenvalue weighted by atomic mass is 10.1. The standard InChI is InChI=1S/C21H18N4O3S/c1-14-7-8-16(13-15(14)2)23-29(27,28)18-11-9-17(10-12-18)25-21(26)19-5-3-4-6-20(19)22-24-25/h3-13,23H,1-2H3. The maximum absolute atomic E-state index is 12.7. The van der Waals surface area contributed by atoms with E-state index in [1.54, 1.807) is 36.4 Å². The maximum Gasteiger partial charge on any atom is 0.282 e. The number of benzene rings is 3. The monoisotopic (exact) mass is 406 g/mol. The molecule has 8 heteroatoms. The lowest BCUT2D eigenvalue weighted by Gasteiger charge is -2.11. The quantitative estimate of drug-likeness (QED) is 0.562. The molecule has 0 atom stereocenters. The van der Waals surface area contributed by atoms with Crippen molar-refractivity contribution >= 4 is 26.6 Å². The van der Waals surface area contributed by atoms with Gasteiger partial charge in [-0.25, -0.2) is 8.42 Å². The summed E-state index contributed by atoms with van der Waals surface area (Å²) in [4.78, 5) is 12.7. The SMILES string of the molecule is Cc1ccc(NS(=O)(=O)c2ccc(-n3nnc4ccccc4c3=O)cc2)cc1C. The Labute approximate surface area is 167 Å². The van der Waals surface area contributed by atoms with Crippen molar-refractivity contribution < 1.29 is 8.42 Å². The molecule has 0 amide bonds. The Kier molecular flexibility index (Phi) is 4.63. The first kappa shape index (κ1) is 18.8. The van der Waals surface area contributed by atoms with Gasteiger partial charge in [0, 0.05) is 5.69 Å². The molecule has 4 rings (SSSR count). The lowest BCUT2D eigenvalue weighted by molar-refractivity contribution is 0.601. The summed E-state index contributed by atoms with van der Waals surface area (Å²) < 4.78 is 29.1. The normalized spacial score (nSPS) is 11.5. The molecule has 1 heterocycles. The summed E-state index contributed by atoms with van der Waals surface area (Å²) >= 11 is 0. The van der Waals surface area contributed by atoms with Crippen LogP contribution in [0.3, 0.4) is 0 Å². The summed E-state index contributed by atoms with van der Waals surface area (Å²) in [5.41, 5.74) is 3.19. The van der Waals surface area contributed by atoms with Gasteiger partial charge < -0.3 is 0 Å². The van der Waals surface area contributed by atoms with Crippen LogP contribution >= 0.6 is 0 Å². The molecule has 0 aliphatic carbocycles. The molecule has 4 aromatic rings. The molecule has 0 spiro atoms. The molecule has 1 N–H and O–H groups in total. The summed E-state index contributed by atoms with van der Waals surface area (Å²) in [6.45, 7) is 3.88. The number of hydrogen-bond acceptors (Lipinski definition) is 5. The van der Waals surface area contributed by atoms with Gasteiger partial charge >= 0.3 is 0 Å². The van der Waals surface area contributed by atoms with Crippen LogP contribution in [0.15, 0.2) is 76.4 Å². The second-order valence-electron chi connectivity index (χ2n) is 6.72. The predicted octanol–water partition coefficient (Wildman–Crippen LogP) is 3.20. The minimum absolute atomic E-state index is 0.0845. The van der Waals surface area contributed by atoms with Crippen molar-refractivity contribution in [2.45, 2.75) is 18.7 Å². The van der Waals surface area contributed by atoms with Gasteiger partial charge in [-0.15, -0.1) is 5.10 Å². The van der Waals surface area contributed by atoms with Crippen molar-refractivity contribution in [3.8, 4) is 5.69 Å². The fraction of sp³-hybridized carbons (Fsp3) is 0.0952. The van der Waals surface area contributed by atoms with E-state index in [0.29, 0.717) is 22.3 Å². The van der Waals surface area contributed by atoms with E-state index in [-0.39, 0.29) is 10.5 Å². The highest BCUT2D eigenvalue weighted by Gasteiger charge is 2.15. The molecule has 7 nitrogen and oxygen atoms in total.